The van der Waals surface area contributed by atoms with Crippen molar-refractivity contribution in [2.75, 3.05) is 46.1 Å². The van der Waals surface area contributed by atoms with Crippen LogP contribution in [0.25, 0.3) is 11.3 Å². The van der Waals surface area contributed by atoms with Crippen molar-refractivity contribution in [2.24, 2.45) is 5.73 Å². The Morgan fingerprint density at radius 3 is 2.19 bits per heavy atom. The zero-order valence-corrected chi connectivity index (χ0v) is 21.8. The Hall–Kier alpha value is -2.94. The highest BCUT2D eigenvalue weighted by Crippen LogP contribution is 2.30. The van der Waals surface area contributed by atoms with E-state index in [1.807, 2.05) is 24.3 Å². The summed E-state index contributed by atoms with van der Waals surface area (Å²) in [5, 5.41) is 8.54. The summed E-state index contributed by atoms with van der Waals surface area (Å²) < 4.78 is 17.2. The van der Waals surface area contributed by atoms with Gasteiger partial charge < -0.3 is 19.9 Å². The van der Waals surface area contributed by atoms with E-state index in [-0.39, 0.29) is 5.84 Å². The van der Waals surface area contributed by atoms with Gasteiger partial charge in [-0.15, -0.1) is 11.3 Å². The Labute approximate surface area is 217 Å². The van der Waals surface area contributed by atoms with Crippen LogP contribution in [-0.4, -0.2) is 61.8 Å². The molecule has 0 saturated carbocycles. The van der Waals surface area contributed by atoms with E-state index >= 15 is 0 Å². The molecule has 0 spiro atoms. The number of amidine groups is 1. The summed E-state index contributed by atoms with van der Waals surface area (Å²) in [7, 11) is 0. The zero-order valence-electron chi connectivity index (χ0n) is 21.0. The lowest BCUT2D eigenvalue weighted by Gasteiger charge is -2.26. The SMILES string of the molecule is Cc1nc(-c2ccc(OCCCCCOc3ccc(C(=N)N)cc3)cc2)c(CCN2CCOCC2)s1. The molecule has 1 aliphatic rings. The molecule has 0 amide bonds. The maximum atomic E-state index is 7.43. The van der Waals surface area contributed by atoms with Crippen LogP contribution in [0.1, 0.15) is 34.7 Å². The molecular formula is C28H36N4O3S. The third kappa shape index (κ3) is 7.78. The number of unbranched alkanes of at least 4 members (excludes halogenated alkanes) is 2. The van der Waals surface area contributed by atoms with Gasteiger partial charge in [-0.1, -0.05) is 0 Å². The van der Waals surface area contributed by atoms with Gasteiger partial charge in [0.15, 0.2) is 0 Å². The van der Waals surface area contributed by atoms with Gasteiger partial charge in [-0.25, -0.2) is 4.98 Å². The predicted molar refractivity (Wildman–Crippen MR) is 146 cm³/mol. The second-order valence-corrected chi connectivity index (χ2v) is 10.2. The number of hydrogen-bond acceptors (Lipinski definition) is 7. The van der Waals surface area contributed by atoms with Gasteiger partial charge in [0.1, 0.15) is 17.3 Å². The number of thiazole rings is 1. The van der Waals surface area contributed by atoms with E-state index in [2.05, 4.69) is 24.0 Å². The molecule has 0 atom stereocenters. The number of aryl methyl sites for hydroxylation is 1. The zero-order chi connectivity index (χ0) is 25.2. The van der Waals surface area contributed by atoms with E-state index in [4.69, 9.17) is 30.3 Å². The van der Waals surface area contributed by atoms with Crippen molar-refractivity contribution in [3.8, 4) is 22.8 Å². The first-order valence-electron chi connectivity index (χ1n) is 12.7. The molecule has 3 N–H and O–H groups in total. The molecule has 0 radical (unpaired) electrons. The molecule has 0 bridgehead atoms. The predicted octanol–water partition coefficient (Wildman–Crippen LogP) is 4.91. The van der Waals surface area contributed by atoms with Crippen molar-refractivity contribution in [2.45, 2.75) is 32.6 Å². The first-order valence-corrected chi connectivity index (χ1v) is 13.5. The molecule has 36 heavy (non-hydrogen) atoms. The highest BCUT2D eigenvalue weighted by atomic mass is 32.1. The number of nitrogen functional groups attached to an aromatic ring is 1. The average Bonchev–Trinajstić information content (AvgIpc) is 3.28. The Morgan fingerprint density at radius 1 is 0.972 bits per heavy atom. The van der Waals surface area contributed by atoms with Crippen molar-refractivity contribution in [1.29, 1.82) is 5.41 Å². The first kappa shape index (κ1) is 26.1. The fraction of sp³-hybridized carbons (Fsp3) is 0.429. The van der Waals surface area contributed by atoms with Crippen LogP contribution in [0.2, 0.25) is 0 Å². The molecule has 1 fully saturated rings. The summed E-state index contributed by atoms with van der Waals surface area (Å²) in [6, 6.07) is 15.6. The second kappa shape index (κ2) is 13.4. The number of nitrogens with two attached hydrogens (primary N) is 1. The topological polar surface area (TPSA) is 93.7 Å². The number of nitrogens with zero attached hydrogens (tertiary/aromatic N) is 2. The van der Waals surface area contributed by atoms with E-state index in [0.717, 1.165) is 86.3 Å². The van der Waals surface area contributed by atoms with Gasteiger partial charge in [0.25, 0.3) is 0 Å². The van der Waals surface area contributed by atoms with E-state index in [1.165, 1.54) is 4.88 Å². The summed E-state index contributed by atoms with van der Waals surface area (Å²) in [6.07, 6.45) is 4.00. The Morgan fingerprint density at radius 2 is 1.58 bits per heavy atom. The number of benzene rings is 2. The molecule has 0 unspecified atom stereocenters. The summed E-state index contributed by atoms with van der Waals surface area (Å²) in [4.78, 5) is 8.64. The molecule has 192 valence electrons. The molecular weight excluding hydrogens is 472 g/mol. The number of ether oxygens (including phenoxy) is 3. The van der Waals surface area contributed by atoms with Crippen LogP contribution in [0.5, 0.6) is 11.5 Å². The minimum Gasteiger partial charge on any atom is -0.494 e. The van der Waals surface area contributed by atoms with Crippen molar-refractivity contribution in [1.82, 2.24) is 9.88 Å². The fourth-order valence-corrected chi connectivity index (χ4v) is 5.10. The molecule has 1 aliphatic heterocycles. The van der Waals surface area contributed by atoms with Gasteiger partial charge in [0, 0.05) is 35.6 Å². The maximum Gasteiger partial charge on any atom is 0.122 e. The van der Waals surface area contributed by atoms with Crippen molar-refractivity contribution in [3.05, 3.63) is 64.0 Å². The van der Waals surface area contributed by atoms with Gasteiger partial charge in [-0.3, -0.25) is 10.3 Å². The molecule has 8 heteroatoms. The minimum atomic E-state index is 0.0682. The monoisotopic (exact) mass is 508 g/mol. The van der Waals surface area contributed by atoms with Crippen LogP contribution in [0.15, 0.2) is 48.5 Å². The van der Waals surface area contributed by atoms with Gasteiger partial charge in [0.05, 0.1) is 37.1 Å². The lowest BCUT2D eigenvalue weighted by atomic mass is 10.1. The standard InChI is InChI=1S/C28H36N4O3S/c1-21-31-27(26(36-21)13-14-32-15-19-33-20-16-32)22-5-9-24(10-6-22)34-17-3-2-4-18-35-25-11-7-23(8-12-25)28(29)30/h5-12H,2-4,13-20H2,1H3,(H3,29,30). The van der Waals surface area contributed by atoms with Gasteiger partial charge in [-0.05, 0) is 81.1 Å². The number of aromatic nitrogens is 1. The van der Waals surface area contributed by atoms with Crippen molar-refractivity contribution < 1.29 is 14.2 Å². The smallest absolute Gasteiger partial charge is 0.122 e. The highest BCUT2D eigenvalue weighted by Gasteiger charge is 2.15. The quantitative estimate of drug-likeness (QED) is 0.194. The molecule has 1 aromatic heterocycles. The maximum absolute atomic E-state index is 7.43. The fourth-order valence-electron chi connectivity index (χ4n) is 4.15. The molecule has 0 aliphatic carbocycles. The van der Waals surface area contributed by atoms with Crippen molar-refractivity contribution >= 4 is 17.2 Å². The number of rotatable bonds is 13. The highest BCUT2D eigenvalue weighted by molar-refractivity contribution is 7.12. The van der Waals surface area contributed by atoms with Crippen LogP contribution in [-0.2, 0) is 11.2 Å². The van der Waals surface area contributed by atoms with Gasteiger partial charge >= 0.3 is 0 Å². The lowest BCUT2D eigenvalue weighted by molar-refractivity contribution is 0.0385. The summed E-state index contributed by atoms with van der Waals surface area (Å²) >= 11 is 1.80. The van der Waals surface area contributed by atoms with Gasteiger partial charge in [-0.2, -0.15) is 0 Å². The van der Waals surface area contributed by atoms with Crippen LogP contribution in [0.4, 0.5) is 0 Å². The normalized spacial score (nSPS) is 14.0. The Balaban J connectivity index is 1.16. The summed E-state index contributed by atoms with van der Waals surface area (Å²) in [5.74, 6) is 1.76. The third-order valence-corrected chi connectivity index (χ3v) is 7.21. The number of hydrogen-bond donors (Lipinski definition) is 2. The Bertz CT molecular complexity index is 1090. The van der Waals surface area contributed by atoms with Gasteiger partial charge in [0.2, 0.25) is 0 Å². The molecule has 1 saturated heterocycles. The molecule has 4 rings (SSSR count). The number of nitrogens with one attached hydrogen (secondary N) is 1. The van der Waals surface area contributed by atoms with Crippen LogP contribution in [0.3, 0.4) is 0 Å². The third-order valence-electron chi connectivity index (χ3n) is 6.18. The van der Waals surface area contributed by atoms with Crippen LogP contribution < -0.4 is 15.2 Å². The second-order valence-electron chi connectivity index (χ2n) is 8.93. The molecule has 7 nitrogen and oxygen atoms in total. The van der Waals surface area contributed by atoms with Crippen LogP contribution >= 0.6 is 11.3 Å². The molecule has 3 aromatic rings. The number of morpholine rings is 1. The van der Waals surface area contributed by atoms with Crippen molar-refractivity contribution in [3.63, 3.8) is 0 Å². The molecule has 2 heterocycles. The minimum absolute atomic E-state index is 0.0682. The summed E-state index contributed by atoms with van der Waals surface area (Å²) in [6.45, 7) is 8.19. The lowest BCUT2D eigenvalue weighted by Crippen LogP contribution is -2.37. The van der Waals surface area contributed by atoms with E-state index in [1.54, 1.807) is 23.5 Å². The van der Waals surface area contributed by atoms with E-state index in [0.29, 0.717) is 18.8 Å². The first-order chi connectivity index (χ1) is 17.6. The Kier molecular flexibility index (Phi) is 9.72. The largest absolute Gasteiger partial charge is 0.494 e. The molecule has 2 aromatic carbocycles. The van der Waals surface area contributed by atoms with Crippen LogP contribution in [0, 0.1) is 12.3 Å². The van der Waals surface area contributed by atoms with E-state index < -0.39 is 0 Å². The van der Waals surface area contributed by atoms with E-state index in [9.17, 15) is 0 Å². The average molecular weight is 509 g/mol. The summed E-state index contributed by atoms with van der Waals surface area (Å²) in [5.41, 5.74) is 8.43.